The monoisotopic (exact) mass is 441 g/mol. The van der Waals surface area contributed by atoms with Crippen molar-refractivity contribution in [2.24, 2.45) is 0 Å². The zero-order chi connectivity index (χ0) is 23.4. The zero-order valence-electron chi connectivity index (χ0n) is 17.1. The van der Waals surface area contributed by atoms with Gasteiger partial charge in [0.15, 0.2) is 0 Å². The van der Waals surface area contributed by atoms with Crippen molar-refractivity contribution in [1.82, 2.24) is 4.90 Å². The predicted molar refractivity (Wildman–Crippen MR) is 110 cm³/mol. The number of aliphatic hydroxyl groups excluding tert-OH is 1. The number of Topliss-reactive ketones (excluding diaryl/α,β-unsaturated/α-hetero) is 1. The first-order valence-corrected chi connectivity index (χ1v) is 9.69. The molecule has 2 aromatic carbocycles. The standard InChI is InChI=1S/C23H20FNO7/c1-32-23(31)15-6-4-13(5-7-15)19-18(20(28)14-8-10-16(24)11-9-14)21(29)22(30)25(19)12-2-3-17(26)27/h4-11,19,28H,2-3,12H2,1H3,(H,26,27)/t19-/m1/s1. The summed E-state index contributed by atoms with van der Waals surface area (Å²) in [5.41, 5.74) is 0.613. The number of ketones is 1. The van der Waals surface area contributed by atoms with E-state index < -0.39 is 41.2 Å². The van der Waals surface area contributed by atoms with Crippen LogP contribution < -0.4 is 0 Å². The summed E-state index contributed by atoms with van der Waals surface area (Å²) in [6.45, 7) is -0.0412. The lowest BCUT2D eigenvalue weighted by atomic mass is 9.94. The van der Waals surface area contributed by atoms with E-state index >= 15 is 0 Å². The number of amides is 1. The molecule has 1 fully saturated rings. The average Bonchev–Trinajstić information content (AvgIpc) is 3.03. The number of likely N-dealkylation sites (tertiary alicyclic amines) is 1. The van der Waals surface area contributed by atoms with Crippen LogP contribution in [0.25, 0.3) is 5.76 Å². The Bertz CT molecular complexity index is 1090. The molecule has 1 heterocycles. The number of nitrogens with zero attached hydrogens (tertiary/aromatic N) is 1. The van der Waals surface area contributed by atoms with E-state index in [0.29, 0.717) is 5.56 Å². The summed E-state index contributed by atoms with van der Waals surface area (Å²) in [6, 6.07) is 9.71. The summed E-state index contributed by atoms with van der Waals surface area (Å²) in [5, 5.41) is 19.7. The van der Waals surface area contributed by atoms with Gasteiger partial charge >= 0.3 is 11.9 Å². The van der Waals surface area contributed by atoms with Crippen LogP contribution in [-0.4, -0.2) is 52.4 Å². The van der Waals surface area contributed by atoms with Gasteiger partial charge < -0.3 is 19.8 Å². The Kier molecular flexibility index (Phi) is 6.67. The lowest BCUT2D eigenvalue weighted by molar-refractivity contribution is -0.140. The first-order chi connectivity index (χ1) is 15.2. The van der Waals surface area contributed by atoms with E-state index in [1.165, 1.54) is 48.4 Å². The van der Waals surface area contributed by atoms with Crippen molar-refractivity contribution >= 4 is 29.4 Å². The molecule has 0 aliphatic carbocycles. The van der Waals surface area contributed by atoms with Gasteiger partial charge in [-0.15, -0.1) is 0 Å². The van der Waals surface area contributed by atoms with Crippen molar-refractivity contribution in [3.05, 3.63) is 76.6 Å². The highest BCUT2D eigenvalue weighted by molar-refractivity contribution is 6.46. The molecule has 0 aromatic heterocycles. The molecule has 0 bridgehead atoms. The number of ether oxygens (including phenoxy) is 1. The maximum atomic E-state index is 13.3. The summed E-state index contributed by atoms with van der Waals surface area (Å²) in [7, 11) is 1.23. The Morgan fingerprint density at radius 1 is 1.00 bits per heavy atom. The Hall–Kier alpha value is -4.01. The van der Waals surface area contributed by atoms with Crippen molar-refractivity contribution in [3.8, 4) is 0 Å². The highest BCUT2D eigenvalue weighted by atomic mass is 19.1. The van der Waals surface area contributed by atoms with Crippen LogP contribution in [0.15, 0.2) is 54.1 Å². The van der Waals surface area contributed by atoms with Gasteiger partial charge in [-0.1, -0.05) is 12.1 Å². The highest BCUT2D eigenvalue weighted by Crippen LogP contribution is 2.39. The van der Waals surface area contributed by atoms with Gasteiger partial charge in [0.1, 0.15) is 11.6 Å². The number of carbonyl (C=O) groups excluding carboxylic acids is 3. The molecule has 8 nitrogen and oxygen atoms in total. The van der Waals surface area contributed by atoms with Crippen LogP contribution in [0.3, 0.4) is 0 Å². The van der Waals surface area contributed by atoms with Gasteiger partial charge in [0.05, 0.1) is 24.3 Å². The van der Waals surface area contributed by atoms with Crippen molar-refractivity contribution in [3.63, 3.8) is 0 Å². The van der Waals surface area contributed by atoms with Crippen LogP contribution in [0.1, 0.15) is 40.4 Å². The molecule has 1 amide bonds. The molecule has 1 aliphatic rings. The number of esters is 1. The number of hydrogen-bond acceptors (Lipinski definition) is 6. The van der Waals surface area contributed by atoms with Gasteiger partial charge in [0, 0.05) is 18.5 Å². The number of aliphatic hydroxyl groups is 1. The molecule has 2 N–H and O–H groups in total. The van der Waals surface area contributed by atoms with Gasteiger partial charge in [0.25, 0.3) is 11.7 Å². The molecule has 1 aliphatic heterocycles. The van der Waals surface area contributed by atoms with E-state index in [1.807, 2.05) is 0 Å². The number of carbonyl (C=O) groups is 4. The van der Waals surface area contributed by atoms with Gasteiger partial charge in [0.2, 0.25) is 0 Å². The van der Waals surface area contributed by atoms with Gasteiger partial charge in [-0.3, -0.25) is 14.4 Å². The smallest absolute Gasteiger partial charge is 0.337 e. The molecule has 9 heteroatoms. The number of aliphatic carboxylic acids is 1. The second-order valence-electron chi connectivity index (χ2n) is 7.11. The van der Waals surface area contributed by atoms with Crippen LogP contribution in [-0.2, 0) is 19.1 Å². The Morgan fingerprint density at radius 3 is 2.16 bits per heavy atom. The fraction of sp³-hybridized carbons (Fsp3) is 0.217. The number of hydrogen-bond donors (Lipinski definition) is 2. The van der Waals surface area contributed by atoms with E-state index in [-0.39, 0.29) is 36.1 Å². The average molecular weight is 441 g/mol. The van der Waals surface area contributed by atoms with Crippen molar-refractivity contribution in [2.75, 3.05) is 13.7 Å². The third-order valence-electron chi connectivity index (χ3n) is 5.09. The normalized spacial score (nSPS) is 17.4. The number of rotatable bonds is 7. The van der Waals surface area contributed by atoms with Crippen LogP contribution in [0.5, 0.6) is 0 Å². The molecule has 3 rings (SSSR count). The summed E-state index contributed by atoms with van der Waals surface area (Å²) in [6.07, 6.45) is -0.120. The fourth-order valence-corrected chi connectivity index (χ4v) is 3.54. The molecule has 1 saturated heterocycles. The molecular formula is C23H20FNO7. The van der Waals surface area contributed by atoms with E-state index in [1.54, 1.807) is 0 Å². The van der Waals surface area contributed by atoms with Gasteiger partial charge in [-0.25, -0.2) is 9.18 Å². The second kappa shape index (κ2) is 9.42. The minimum Gasteiger partial charge on any atom is -0.507 e. The van der Waals surface area contributed by atoms with E-state index in [0.717, 1.165) is 12.1 Å². The van der Waals surface area contributed by atoms with E-state index in [2.05, 4.69) is 4.74 Å². The molecule has 0 radical (unpaired) electrons. The fourth-order valence-electron chi connectivity index (χ4n) is 3.54. The van der Waals surface area contributed by atoms with Gasteiger partial charge in [-0.05, 0) is 48.4 Å². The Balaban J connectivity index is 2.09. The van der Waals surface area contributed by atoms with E-state index in [4.69, 9.17) is 5.11 Å². The highest BCUT2D eigenvalue weighted by Gasteiger charge is 2.45. The van der Waals surface area contributed by atoms with Crippen LogP contribution in [0.2, 0.25) is 0 Å². The van der Waals surface area contributed by atoms with Crippen molar-refractivity contribution in [2.45, 2.75) is 18.9 Å². The summed E-state index contributed by atoms with van der Waals surface area (Å²) in [5.74, 6) is -4.47. The maximum Gasteiger partial charge on any atom is 0.337 e. The third-order valence-corrected chi connectivity index (χ3v) is 5.09. The zero-order valence-corrected chi connectivity index (χ0v) is 17.1. The Labute approximate surface area is 182 Å². The quantitative estimate of drug-likeness (QED) is 0.293. The minimum atomic E-state index is -1.05. The number of methoxy groups -OCH3 is 1. The second-order valence-corrected chi connectivity index (χ2v) is 7.11. The van der Waals surface area contributed by atoms with E-state index in [9.17, 15) is 28.7 Å². The summed E-state index contributed by atoms with van der Waals surface area (Å²) < 4.78 is 18.0. The minimum absolute atomic E-state index is 0.0412. The first kappa shape index (κ1) is 22.7. The van der Waals surface area contributed by atoms with Crippen molar-refractivity contribution in [1.29, 1.82) is 0 Å². The van der Waals surface area contributed by atoms with Crippen LogP contribution in [0.4, 0.5) is 4.39 Å². The lowest BCUT2D eigenvalue weighted by Crippen LogP contribution is -2.31. The van der Waals surface area contributed by atoms with Gasteiger partial charge in [-0.2, -0.15) is 0 Å². The predicted octanol–water partition coefficient (Wildman–Crippen LogP) is 2.90. The molecule has 0 saturated carbocycles. The van der Waals surface area contributed by atoms with Crippen molar-refractivity contribution < 1.29 is 38.5 Å². The molecule has 1 atom stereocenters. The molecule has 32 heavy (non-hydrogen) atoms. The summed E-state index contributed by atoms with van der Waals surface area (Å²) >= 11 is 0. The molecular weight excluding hydrogens is 421 g/mol. The molecule has 166 valence electrons. The topological polar surface area (TPSA) is 121 Å². The third kappa shape index (κ3) is 4.51. The first-order valence-electron chi connectivity index (χ1n) is 9.69. The molecule has 0 spiro atoms. The molecule has 2 aromatic rings. The Morgan fingerprint density at radius 2 is 1.59 bits per heavy atom. The molecule has 0 unspecified atom stereocenters. The maximum absolute atomic E-state index is 13.3. The number of carboxylic acids is 1. The largest absolute Gasteiger partial charge is 0.507 e. The van der Waals surface area contributed by atoms with Crippen LogP contribution in [0, 0.1) is 5.82 Å². The van der Waals surface area contributed by atoms with Crippen LogP contribution >= 0.6 is 0 Å². The summed E-state index contributed by atoms with van der Waals surface area (Å²) in [4.78, 5) is 49.4. The number of carboxylic acid groups (broad SMARTS) is 1. The SMILES string of the molecule is COC(=O)c1ccc([C@@H]2C(=C(O)c3ccc(F)cc3)C(=O)C(=O)N2CCCC(=O)O)cc1. The lowest BCUT2D eigenvalue weighted by Gasteiger charge is -2.25. The number of benzene rings is 2. The number of halogens is 1.